The summed E-state index contributed by atoms with van der Waals surface area (Å²) in [5, 5.41) is 0.256. The van der Waals surface area contributed by atoms with E-state index in [9.17, 15) is 9.59 Å². The molecule has 1 aromatic rings. The minimum absolute atomic E-state index is 0.103. The number of hydrogen-bond acceptors (Lipinski definition) is 3. The molecule has 2 aliphatic heterocycles. The molecule has 2 aliphatic rings. The summed E-state index contributed by atoms with van der Waals surface area (Å²) < 4.78 is -0.103. The van der Waals surface area contributed by atoms with Crippen molar-refractivity contribution in [3.63, 3.8) is 0 Å². The first-order valence-corrected chi connectivity index (χ1v) is 7.81. The number of nitrogens with zero attached hydrogens (tertiary/aromatic N) is 1. The molecular weight excluding hydrogens is 270 g/mol. The van der Waals surface area contributed by atoms with Gasteiger partial charge >= 0.3 is 0 Å². The maximum absolute atomic E-state index is 12.5. The first-order valence-electron chi connectivity index (χ1n) is 6.93. The van der Waals surface area contributed by atoms with E-state index in [1.807, 2.05) is 47.0 Å². The van der Waals surface area contributed by atoms with Gasteiger partial charge in [0.1, 0.15) is 0 Å². The summed E-state index contributed by atoms with van der Waals surface area (Å²) in [6.07, 6.45) is 1.00. The summed E-state index contributed by atoms with van der Waals surface area (Å²) in [5.41, 5.74) is 0.330. The molecule has 1 amide bonds. The van der Waals surface area contributed by atoms with Crippen molar-refractivity contribution in [2.75, 3.05) is 0 Å². The third-order valence-electron chi connectivity index (χ3n) is 4.77. The first kappa shape index (κ1) is 13.7. The number of fused-ring (bicyclic) bond motifs is 1. The van der Waals surface area contributed by atoms with Crippen LogP contribution < -0.4 is 0 Å². The molecule has 1 aromatic carbocycles. The molecule has 2 atom stereocenters. The summed E-state index contributed by atoms with van der Waals surface area (Å²) in [6.45, 7) is 6.33. The van der Waals surface area contributed by atoms with E-state index in [1.54, 1.807) is 0 Å². The summed E-state index contributed by atoms with van der Waals surface area (Å²) in [5.74, 6) is 0.290. The van der Waals surface area contributed by atoms with Crippen LogP contribution in [0.4, 0.5) is 0 Å². The Balaban J connectivity index is 1.88. The van der Waals surface area contributed by atoms with Gasteiger partial charge in [0, 0.05) is 16.7 Å². The summed E-state index contributed by atoms with van der Waals surface area (Å²) in [6, 6.07) is 9.35. The van der Waals surface area contributed by atoms with Crippen molar-refractivity contribution in [1.82, 2.24) is 4.90 Å². The van der Waals surface area contributed by atoms with Crippen LogP contribution in [0.25, 0.3) is 0 Å². The van der Waals surface area contributed by atoms with E-state index >= 15 is 0 Å². The highest BCUT2D eigenvalue weighted by Crippen LogP contribution is 2.57. The second kappa shape index (κ2) is 4.35. The van der Waals surface area contributed by atoms with E-state index in [4.69, 9.17) is 0 Å². The zero-order valence-electron chi connectivity index (χ0n) is 12.1. The van der Waals surface area contributed by atoms with Gasteiger partial charge in [-0.3, -0.25) is 9.59 Å². The normalized spacial score (nSPS) is 30.9. The van der Waals surface area contributed by atoms with Crippen molar-refractivity contribution in [1.29, 1.82) is 0 Å². The van der Waals surface area contributed by atoms with Crippen molar-refractivity contribution in [2.24, 2.45) is 0 Å². The Labute approximate surface area is 123 Å². The van der Waals surface area contributed by atoms with Crippen LogP contribution in [0, 0.1) is 0 Å². The summed E-state index contributed by atoms with van der Waals surface area (Å²) in [7, 11) is 0. The van der Waals surface area contributed by atoms with Crippen LogP contribution in [0.2, 0.25) is 0 Å². The molecule has 0 N–H and O–H groups in total. The van der Waals surface area contributed by atoms with E-state index < -0.39 is 5.54 Å². The molecule has 3 nitrogen and oxygen atoms in total. The van der Waals surface area contributed by atoms with E-state index in [-0.39, 0.29) is 21.8 Å². The average Bonchev–Trinajstić information content (AvgIpc) is 2.53. The van der Waals surface area contributed by atoms with Gasteiger partial charge in [0.05, 0.1) is 17.3 Å². The topological polar surface area (TPSA) is 37.4 Å². The molecule has 2 fully saturated rings. The zero-order valence-corrected chi connectivity index (χ0v) is 12.9. The van der Waals surface area contributed by atoms with Gasteiger partial charge in [0.2, 0.25) is 5.91 Å². The third-order valence-corrected chi connectivity index (χ3v) is 6.44. The van der Waals surface area contributed by atoms with Gasteiger partial charge in [-0.2, -0.15) is 0 Å². The zero-order chi connectivity index (χ0) is 14.5. The highest BCUT2D eigenvalue weighted by Gasteiger charge is 2.62. The van der Waals surface area contributed by atoms with E-state index in [0.29, 0.717) is 12.8 Å². The minimum atomic E-state index is -0.398. The molecule has 0 spiro atoms. The smallest absolute Gasteiger partial charge is 0.226 e. The molecule has 0 aliphatic carbocycles. The fourth-order valence-electron chi connectivity index (χ4n) is 3.17. The van der Waals surface area contributed by atoms with Gasteiger partial charge in [0.25, 0.3) is 0 Å². The van der Waals surface area contributed by atoms with E-state index in [1.165, 1.54) is 0 Å². The minimum Gasteiger partial charge on any atom is -0.323 e. The molecule has 2 heterocycles. The predicted molar refractivity (Wildman–Crippen MR) is 80.7 cm³/mol. The Morgan fingerprint density at radius 3 is 2.55 bits per heavy atom. The number of benzene rings is 1. The van der Waals surface area contributed by atoms with Crippen molar-refractivity contribution in [3.05, 3.63) is 35.9 Å². The number of hydrogen-bond donors (Lipinski definition) is 0. The predicted octanol–water partition coefficient (Wildman–Crippen LogP) is 3.10. The molecule has 106 valence electrons. The number of Topliss-reactive ketones (excluding diaryl/α,β-unsaturated/α-hetero) is 1. The Hall–Kier alpha value is -1.29. The summed E-state index contributed by atoms with van der Waals surface area (Å²) >= 11 is 1.82. The maximum Gasteiger partial charge on any atom is 0.226 e. The highest BCUT2D eigenvalue weighted by atomic mass is 32.2. The van der Waals surface area contributed by atoms with Gasteiger partial charge in [-0.1, -0.05) is 30.3 Å². The van der Waals surface area contributed by atoms with Crippen molar-refractivity contribution in [3.8, 4) is 0 Å². The number of carbonyl (C=O) groups is 2. The monoisotopic (exact) mass is 289 g/mol. The fourth-order valence-corrected chi connectivity index (χ4v) is 4.95. The van der Waals surface area contributed by atoms with Crippen molar-refractivity contribution in [2.45, 2.75) is 49.3 Å². The number of carbonyl (C=O) groups excluding carboxylic acids is 2. The van der Waals surface area contributed by atoms with Crippen LogP contribution in [-0.4, -0.2) is 32.3 Å². The molecule has 0 radical (unpaired) electrons. The number of rotatable bonds is 3. The van der Waals surface area contributed by atoms with Crippen LogP contribution >= 0.6 is 11.8 Å². The standard InChI is InChI=1S/C16H19NO2S/c1-15(2)16(3,17-13(19)9-14(17)20-15)10-12(18)11-7-5-4-6-8-11/h4-8,14H,9-10H2,1-3H3/t14-,16-/m1/s1. The van der Waals surface area contributed by atoms with Gasteiger partial charge < -0.3 is 4.90 Å². The SMILES string of the molecule is CC1(C)S[C@@H]2CC(=O)N2[C@]1(C)CC(=O)c1ccccc1. The number of thioether (sulfide) groups is 1. The van der Waals surface area contributed by atoms with Gasteiger partial charge in [0.15, 0.2) is 5.78 Å². The van der Waals surface area contributed by atoms with Crippen LogP contribution in [-0.2, 0) is 4.79 Å². The lowest BCUT2D eigenvalue weighted by atomic mass is 9.78. The second-order valence-electron chi connectivity index (χ2n) is 6.29. The van der Waals surface area contributed by atoms with Gasteiger partial charge in [-0.05, 0) is 20.8 Å². The maximum atomic E-state index is 12.5. The van der Waals surface area contributed by atoms with Crippen molar-refractivity contribution < 1.29 is 9.59 Å². The molecular formula is C16H19NO2S. The molecule has 0 unspecified atom stereocenters. The largest absolute Gasteiger partial charge is 0.323 e. The van der Waals surface area contributed by atoms with E-state index in [0.717, 1.165) is 5.56 Å². The molecule has 4 heteroatoms. The Bertz CT molecular complexity index is 569. The van der Waals surface area contributed by atoms with Crippen LogP contribution in [0.3, 0.4) is 0 Å². The Morgan fingerprint density at radius 2 is 1.95 bits per heavy atom. The second-order valence-corrected chi connectivity index (χ2v) is 8.09. The molecule has 2 saturated heterocycles. The third kappa shape index (κ3) is 1.81. The van der Waals surface area contributed by atoms with Crippen LogP contribution in [0.5, 0.6) is 0 Å². The Kier molecular flexibility index (Phi) is 2.98. The van der Waals surface area contributed by atoms with Crippen LogP contribution in [0.15, 0.2) is 30.3 Å². The molecule has 0 saturated carbocycles. The quantitative estimate of drug-likeness (QED) is 0.634. The van der Waals surface area contributed by atoms with Gasteiger partial charge in [-0.25, -0.2) is 0 Å². The van der Waals surface area contributed by atoms with Crippen LogP contribution in [0.1, 0.15) is 44.0 Å². The fraction of sp³-hybridized carbons (Fsp3) is 0.500. The molecule has 3 rings (SSSR count). The lowest BCUT2D eigenvalue weighted by Gasteiger charge is -2.47. The lowest BCUT2D eigenvalue weighted by Crippen LogP contribution is -2.62. The molecule has 20 heavy (non-hydrogen) atoms. The Morgan fingerprint density at radius 1 is 1.30 bits per heavy atom. The van der Waals surface area contributed by atoms with E-state index in [2.05, 4.69) is 20.8 Å². The van der Waals surface area contributed by atoms with Crippen molar-refractivity contribution >= 4 is 23.5 Å². The molecule has 0 aromatic heterocycles. The first-order chi connectivity index (χ1) is 9.35. The summed E-state index contributed by atoms with van der Waals surface area (Å²) in [4.78, 5) is 26.4. The average molecular weight is 289 g/mol. The highest BCUT2D eigenvalue weighted by molar-refractivity contribution is 8.01. The number of amides is 1. The number of β-lactam (4-membered cyclic amide) rings is 1. The van der Waals surface area contributed by atoms with Gasteiger partial charge in [-0.15, -0.1) is 11.8 Å². The molecule has 0 bridgehead atoms. The lowest BCUT2D eigenvalue weighted by molar-refractivity contribution is -0.149. The number of ketones is 1.